The second kappa shape index (κ2) is 9.32. The Bertz CT molecular complexity index is 613. The van der Waals surface area contributed by atoms with Crippen LogP contribution in [0.5, 0.6) is 0 Å². The van der Waals surface area contributed by atoms with Crippen molar-refractivity contribution in [2.45, 2.75) is 64.0 Å². The van der Waals surface area contributed by atoms with E-state index in [4.69, 9.17) is 0 Å². The van der Waals surface area contributed by atoms with Crippen LogP contribution in [0.2, 0.25) is 0 Å². The van der Waals surface area contributed by atoms with Crippen LogP contribution in [0.25, 0.3) is 0 Å². The van der Waals surface area contributed by atoms with Gasteiger partial charge in [0.2, 0.25) is 0 Å². The first-order valence-corrected chi connectivity index (χ1v) is 9.55. The molecule has 0 radical (unpaired) electrons. The number of rotatable bonds is 3. The molecule has 0 saturated heterocycles. The minimum Gasteiger partial charge on any atom is -0.469 e. The van der Waals surface area contributed by atoms with Crippen LogP contribution in [0.3, 0.4) is 0 Å². The zero-order valence-electron chi connectivity index (χ0n) is 14.8. The van der Waals surface area contributed by atoms with Gasteiger partial charge >= 0.3 is 5.97 Å². The number of ether oxygens (including phenoxy) is 1. The summed E-state index contributed by atoms with van der Waals surface area (Å²) in [5.41, 5.74) is 0.214. The average molecular weight is 414 g/mol. The number of carbonyl (C=O) groups is 2. The van der Waals surface area contributed by atoms with Gasteiger partial charge in [0.15, 0.2) is 0 Å². The normalized spacial score (nSPS) is 17.3. The summed E-state index contributed by atoms with van der Waals surface area (Å²) in [6, 6.07) is 5.36. The van der Waals surface area contributed by atoms with Crippen LogP contribution < -0.4 is 0 Å². The molecule has 6 heteroatoms. The van der Waals surface area contributed by atoms with E-state index in [0.717, 1.165) is 25.7 Å². The van der Waals surface area contributed by atoms with Crippen LogP contribution in [0.15, 0.2) is 22.7 Å². The summed E-state index contributed by atoms with van der Waals surface area (Å²) in [7, 11) is 1.35. The van der Waals surface area contributed by atoms with E-state index in [9.17, 15) is 14.0 Å². The predicted molar refractivity (Wildman–Crippen MR) is 97.9 cm³/mol. The summed E-state index contributed by atoms with van der Waals surface area (Å²) in [5, 5.41) is 0. The van der Waals surface area contributed by atoms with E-state index in [0.29, 0.717) is 16.6 Å². The van der Waals surface area contributed by atoms with Crippen LogP contribution in [0.1, 0.15) is 62.2 Å². The van der Waals surface area contributed by atoms with Gasteiger partial charge in [-0.05, 0) is 43.9 Å². The van der Waals surface area contributed by atoms with Crippen LogP contribution in [0, 0.1) is 5.82 Å². The lowest BCUT2D eigenvalue weighted by atomic mass is 9.93. The lowest BCUT2D eigenvalue weighted by Gasteiger charge is -2.34. The topological polar surface area (TPSA) is 46.6 Å². The molecule has 1 aromatic carbocycles. The molecule has 2 saturated carbocycles. The Labute approximate surface area is 156 Å². The molecule has 0 spiro atoms. The van der Waals surface area contributed by atoms with Crippen molar-refractivity contribution in [3.8, 4) is 0 Å². The highest BCUT2D eigenvalue weighted by molar-refractivity contribution is 9.10. The van der Waals surface area contributed by atoms with Crippen LogP contribution in [-0.2, 0) is 9.53 Å². The molecule has 3 rings (SSSR count). The van der Waals surface area contributed by atoms with Crippen molar-refractivity contribution in [1.29, 1.82) is 0 Å². The fraction of sp³-hybridized carbons (Fsp3) is 0.579. The van der Waals surface area contributed by atoms with Gasteiger partial charge in [-0.2, -0.15) is 0 Å². The number of esters is 1. The number of amides is 1. The van der Waals surface area contributed by atoms with Gasteiger partial charge in [-0.3, -0.25) is 9.59 Å². The van der Waals surface area contributed by atoms with Crippen molar-refractivity contribution in [3.05, 3.63) is 34.1 Å². The zero-order valence-corrected chi connectivity index (χ0v) is 16.4. The molecule has 1 aromatic rings. The van der Waals surface area contributed by atoms with Crippen LogP contribution in [0.4, 0.5) is 4.39 Å². The first-order valence-electron chi connectivity index (χ1n) is 8.76. The maximum Gasteiger partial charge on any atom is 0.302 e. The first kappa shape index (κ1) is 19.9. The minimum atomic E-state index is -0.425. The molecule has 2 fully saturated rings. The lowest BCUT2D eigenvalue weighted by molar-refractivity contribution is -0.137. The van der Waals surface area contributed by atoms with Gasteiger partial charge in [-0.15, -0.1) is 0 Å². The lowest BCUT2D eigenvalue weighted by Crippen LogP contribution is -2.43. The van der Waals surface area contributed by atoms with Gasteiger partial charge in [0.05, 0.1) is 12.7 Å². The Morgan fingerprint density at radius 2 is 1.68 bits per heavy atom. The van der Waals surface area contributed by atoms with Crippen molar-refractivity contribution in [3.63, 3.8) is 0 Å². The van der Waals surface area contributed by atoms with Crippen molar-refractivity contribution < 1.29 is 18.7 Å². The van der Waals surface area contributed by atoms with Gasteiger partial charge in [-0.1, -0.05) is 35.2 Å². The molecule has 25 heavy (non-hydrogen) atoms. The third kappa shape index (κ3) is 5.80. The summed E-state index contributed by atoms with van der Waals surface area (Å²) in [5.74, 6) is -0.791. The molecule has 138 valence electrons. The summed E-state index contributed by atoms with van der Waals surface area (Å²) in [6.07, 6.45) is 7.91. The fourth-order valence-electron chi connectivity index (χ4n) is 3.14. The average Bonchev–Trinajstić information content (AvgIpc) is 3.41. The number of benzene rings is 1. The smallest absolute Gasteiger partial charge is 0.302 e. The zero-order chi connectivity index (χ0) is 18.4. The van der Waals surface area contributed by atoms with E-state index in [1.54, 1.807) is 12.1 Å². The summed E-state index contributed by atoms with van der Waals surface area (Å²) in [6.45, 7) is 1.36. The second-order valence-corrected chi connectivity index (χ2v) is 7.47. The fourth-order valence-corrected chi connectivity index (χ4v) is 3.48. The van der Waals surface area contributed by atoms with E-state index >= 15 is 0 Å². The van der Waals surface area contributed by atoms with Crippen LogP contribution >= 0.6 is 15.9 Å². The Hall–Kier alpha value is -1.43. The maximum atomic E-state index is 14.0. The third-order valence-electron chi connectivity index (χ3n) is 4.59. The van der Waals surface area contributed by atoms with E-state index in [1.807, 2.05) is 4.90 Å². The van der Waals surface area contributed by atoms with Crippen molar-refractivity contribution in [2.24, 2.45) is 0 Å². The largest absolute Gasteiger partial charge is 0.469 e. The molecule has 2 aliphatic carbocycles. The Morgan fingerprint density at radius 3 is 2.16 bits per heavy atom. The number of hydrogen-bond acceptors (Lipinski definition) is 3. The van der Waals surface area contributed by atoms with Crippen molar-refractivity contribution in [1.82, 2.24) is 4.90 Å². The van der Waals surface area contributed by atoms with E-state index in [2.05, 4.69) is 20.7 Å². The van der Waals surface area contributed by atoms with Crippen molar-refractivity contribution >= 4 is 27.8 Å². The Balaban J connectivity index is 0.000000399. The summed E-state index contributed by atoms with van der Waals surface area (Å²) in [4.78, 5) is 24.3. The number of nitrogens with zero attached hydrogens (tertiary/aromatic N) is 1. The minimum absolute atomic E-state index is 0.121. The third-order valence-corrected chi connectivity index (χ3v) is 5.09. The molecule has 0 aromatic heterocycles. The molecule has 0 aliphatic heterocycles. The summed E-state index contributed by atoms with van der Waals surface area (Å²) >= 11 is 3.24. The molecule has 0 N–H and O–H groups in total. The molecule has 0 bridgehead atoms. The highest BCUT2D eigenvalue weighted by Gasteiger charge is 2.38. The number of hydrogen-bond donors (Lipinski definition) is 0. The SMILES string of the molecule is COC(C)=O.O=C(c1ccc(Br)cc1F)N(C1CCCCC1)C1CC1. The first-order chi connectivity index (χ1) is 11.9. The maximum absolute atomic E-state index is 14.0. The summed E-state index contributed by atoms with van der Waals surface area (Å²) < 4.78 is 18.8. The van der Waals surface area contributed by atoms with Gasteiger partial charge in [0.25, 0.3) is 5.91 Å². The van der Waals surface area contributed by atoms with Crippen molar-refractivity contribution in [2.75, 3.05) is 7.11 Å². The Morgan fingerprint density at radius 1 is 1.12 bits per heavy atom. The van der Waals surface area contributed by atoms with Gasteiger partial charge < -0.3 is 9.64 Å². The number of halogens is 2. The number of carbonyl (C=O) groups excluding carboxylic acids is 2. The molecule has 1 amide bonds. The number of methoxy groups -OCH3 is 1. The molecule has 0 unspecified atom stereocenters. The van der Waals surface area contributed by atoms with E-state index in [-0.39, 0.29) is 17.4 Å². The van der Waals surface area contributed by atoms with Gasteiger partial charge in [0, 0.05) is 23.5 Å². The molecule has 4 nitrogen and oxygen atoms in total. The quantitative estimate of drug-likeness (QED) is 0.674. The molecule has 2 aliphatic rings. The predicted octanol–water partition coefficient (Wildman–Crippen LogP) is 4.70. The van der Waals surface area contributed by atoms with E-state index in [1.165, 1.54) is 39.4 Å². The highest BCUT2D eigenvalue weighted by atomic mass is 79.9. The van der Waals surface area contributed by atoms with Crippen LogP contribution in [-0.4, -0.2) is 36.0 Å². The van der Waals surface area contributed by atoms with Gasteiger partial charge in [0.1, 0.15) is 5.82 Å². The molecule has 0 heterocycles. The Kier molecular flexibility index (Phi) is 7.41. The monoisotopic (exact) mass is 413 g/mol. The van der Waals surface area contributed by atoms with Gasteiger partial charge in [-0.25, -0.2) is 4.39 Å². The van der Waals surface area contributed by atoms with E-state index < -0.39 is 5.82 Å². The molecule has 0 atom stereocenters. The standard InChI is InChI=1S/C16H19BrFNO.C3H6O2/c17-11-6-9-14(15(18)10-11)16(20)19(13-7-8-13)12-4-2-1-3-5-12;1-3(4)5-2/h6,9-10,12-13H,1-5,7-8H2;1-2H3. The molecular weight excluding hydrogens is 389 g/mol. The highest BCUT2D eigenvalue weighted by Crippen LogP contribution is 2.35. The second-order valence-electron chi connectivity index (χ2n) is 6.56. The molecular formula is C19H25BrFNO3.